The van der Waals surface area contributed by atoms with E-state index < -0.39 is 0 Å². The van der Waals surface area contributed by atoms with E-state index in [4.69, 9.17) is 15.3 Å². The first-order chi connectivity index (χ1) is 15.7. The molecule has 0 bridgehead atoms. The molecular formula is C24H31N5O3S. The van der Waals surface area contributed by atoms with Crippen LogP contribution in [0.5, 0.6) is 11.5 Å². The Morgan fingerprint density at radius 3 is 2.39 bits per heavy atom. The molecule has 8 nitrogen and oxygen atoms in total. The molecule has 33 heavy (non-hydrogen) atoms. The first-order valence-corrected chi connectivity index (χ1v) is 11.8. The van der Waals surface area contributed by atoms with Crippen molar-refractivity contribution >= 4 is 23.4 Å². The van der Waals surface area contributed by atoms with Crippen molar-refractivity contribution in [2.75, 3.05) is 30.1 Å². The molecule has 0 aliphatic carbocycles. The van der Waals surface area contributed by atoms with Gasteiger partial charge in [0.15, 0.2) is 5.82 Å². The van der Waals surface area contributed by atoms with Crippen molar-refractivity contribution < 1.29 is 14.3 Å². The van der Waals surface area contributed by atoms with Crippen LogP contribution in [0, 0.1) is 0 Å². The number of carbonyl (C=O) groups is 1. The number of nitrogens with one attached hydrogen (secondary N) is 1. The molecule has 0 radical (unpaired) electrons. The molecule has 0 saturated carbocycles. The Labute approximate surface area is 198 Å². The van der Waals surface area contributed by atoms with Crippen LogP contribution in [0.4, 0.5) is 5.69 Å². The number of benzene rings is 2. The van der Waals surface area contributed by atoms with Gasteiger partial charge < -0.3 is 20.6 Å². The maximum Gasteiger partial charge on any atom is 0.234 e. The van der Waals surface area contributed by atoms with Crippen LogP contribution in [0.3, 0.4) is 0 Å². The van der Waals surface area contributed by atoms with Gasteiger partial charge in [-0.05, 0) is 37.0 Å². The molecule has 3 N–H and O–H groups in total. The summed E-state index contributed by atoms with van der Waals surface area (Å²) in [4.78, 5) is 12.6. The molecule has 2 aromatic carbocycles. The van der Waals surface area contributed by atoms with E-state index in [0.29, 0.717) is 41.4 Å². The van der Waals surface area contributed by atoms with E-state index in [1.54, 1.807) is 12.1 Å². The van der Waals surface area contributed by atoms with E-state index in [1.807, 2.05) is 32.0 Å². The lowest BCUT2D eigenvalue weighted by Gasteiger charge is -2.19. The Bertz CT molecular complexity index is 1090. The van der Waals surface area contributed by atoms with Gasteiger partial charge >= 0.3 is 0 Å². The fourth-order valence-corrected chi connectivity index (χ4v) is 3.81. The minimum absolute atomic E-state index is 0.0630. The summed E-state index contributed by atoms with van der Waals surface area (Å²) in [5.74, 6) is 7.91. The van der Waals surface area contributed by atoms with Gasteiger partial charge in [0, 0.05) is 11.6 Å². The van der Waals surface area contributed by atoms with Gasteiger partial charge in [-0.3, -0.25) is 4.79 Å². The number of hydrogen-bond acceptors (Lipinski definition) is 7. The van der Waals surface area contributed by atoms with Crippen molar-refractivity contribution in [2.24, 2.45) is 0 Å². The topological polar surface area (TPSA) is 104 Å². The lowest BCUT2D eigenvalue weighted by molar-refractivity contribution is -0.113. The zero-order valence-corrected chi connectivity index (χ0v) is 20.5. The number of nitrogen functional groups attached to an aromatic ring is 1. The van der Waals surface area contributed by atoms with E-state index in [0.717, 1.165) is 5.56 Å². The summed E-state index contributed by atoms with van der Waals surface area (Å²) in [5, 5.41) is 11.7. The zero-order chi connectivity index (χ0) is 24.0. The normalized spacial score (nSPS) is 11.3. The number of rotatable bonds is 9. The first-order valence-electron chi connectivity index (χ1n) is 10.9. The number of carbonyl (C=O) groups excluding carboxylic acids is 1. The number of aromatic nitrogens is 3. The monoisotopic (exact) mass is 469 g/mol. The number of hydrogen-bond donors (Lipinski definition) is 2. The van der Waals surface area contributed by atoms with Crippen LogP contribution in [0.25, 0.3) is 11.4 Å². The van der Waals surface area contributed by atoms with Crippen molar-refractivity contribution in [3.05, 3.63) is 48.0 Å². The number of nitrogens with zero attached hydrogens (tertiary/aromatic N) is 3. The van der Waals surface area contributed by atoms with E-state index in [1.165, 1.54) is 22.0 Å². The van der Waals surface area contributed by atoms with Gasteiger partial charge in [0.1, 0.15) is 11.5 Å². The molecular weight excluding hydrogens is 438 g/mol. The number of thioether (sulfide) groups is 1. The molecule has 0 unspecified atom stereocenters. The maximum absolute atomic E-state index is 12.6. The Kier molecular flexibility index (Phi) is 7.86. The first kappa shape index (κ1) is 24.4. The molecule has 0 fully saturated rings. The summed E-state index contributed by atoms with van der Waals surface area (Å²) < 4.78 is 12.5. The van der Waals surface area contributed by atoms with Crippen LogP contribution in [-0.2, 0) is 10.2 Å². The second-order valence-electron chi connectivity index (χ2n) is 8.36. The molecule has 3 aromatic rings. The van der Waals surface area contributed by atoms with Gasteiger partial charge in [-0.15, -0.1) is 10.2 Å². The molecule has 0 spiro atoms. The maximum atomic E-state index is 12.6. The van der Waals surface area contributed by atoms with E-state index >= 15 is 0 Å². The quantitative estimate of drug-likeness (QED) is 0.352. The van der Waals surface area contributed by atoms with Crippen molar-refractivity contribution in [3.8, 4) is 22.9 Å². The number of nitrogens with two attached hydrogens (primary N) is 1. The summed E-state index contributed by atoms with van der Waals surface area (Å²) in [6, 6.07) is 13.4. The Balaban J connectivity index is 1.67. The molecule has 176 valence electrons. The molecule has 0 aliphatic rings. The van der Waals surface area contributed by atoms with Gasteiger partial charge in [-0.1, -0.05) is 56.8 Å². The molecule has 0 saturated heterocycles. The Hall–Kier alpha value is -3.20. The summed E-state index contributed by atoms with van der Waals surface area (Å²) >= 11 is 1.21. The Morgan fingerprint density at radius 2 is 1.76 bits per heavy atom. The summed E-state index contributed by atoms with van der Waals surface area (Å²) in [7, 11) is 0. The second-order valence-corrected chi connectivity index (χ2v) is 9.31. The summed E-state index contributed by atoms with van der Waals surface area (Å²) in [6.07, 6.45) is 0. The highest BCUT2D eigenvalue weighted by Gasteiger charge is 2.17. The minimum Gasteiger partial charge on any atom is -0.494 e. The molecule has 0 aliphatic heterocycles. The van der Waals surface area contributed by atoms with E-state index in [-0.39, 0.29) is 17.1 Å². The summed E-state index contributed by atoms with van der Waals surface area (Å²) in [5.41, 5.74) is 2.71. The lowest BCUT2D eigenvalue weighted by atomic mass is 9.87. The molecule has 1 amide bonds. The largest absolute Gasteiger partial charge is 0.494 e. The van der Waals surface area contributed by atoms with Gasteiger partial charge in [0.05, 0.1) is 24.7 Å². The third-order valence-corrected chi connectivity index (χ3v) is 5.79. The van der Waals surface area contributed by atoms with E-state index in [2.05, 4.69) is 48.4 Å². The predicted molar refractivity (Wildman–Crippen MR) is 132 cm³/mol. The highest BCUT2D eigenvalue weighted by molar-refractivity contribution is 7.99. The van der Waals surface area contributed by atoms with Crippen LogP contribution in [0.1, 0.15) is 40.2 Å². The Morgan fingerprint density at radius 1 is 1.06 bits per heavy atom. The standard InChI is InChI=1S/C24H31N5O3S/c1-6-31-18-12-13-20(32-7-2)19(14-18)26-21(30)15-33-23-28-27-22(29(23)25)16-8-10-17(11-9-16)24(3,4)5/h8-14H,6-7,15,25H2,1-5H3,(H,26,30). The van der Waals surface area contributed by atoms with Gasteiger partial charge in [-0.2, -0.15) is 0 Å². The van der Waals surface area contributed by atoms with Gasteiger partial charge in [-0.25, -0.2) is 4.68 Å². The third-order valence-electron chi connectivity index (χ3n) is 4.84. The van der Waals surface area contributed by atoms with Crippen molar-refractivity contribution in [1.82, 2.24) is 14.9 Å². The highest BCUT2D eigenvalue weighted by atomic mass is 32.2. The minimum atomic E-state index is -0.214. The van der Waals surface area contributed by atoms with E-state index in [9.17, 15) is 4.79 Å². The number of anilines is 1. The fraction of sp³-hybridized carbons (Fsp3) is 0.375. The average Bonchev–Trinajstić information content (AvgIpc) is 3.14. The highest BCUT2D eigenvalue weighted by Crippen LogP contribution is 2.30. The predicted octanol–water partition coefficient (Wildman–Crippen LogP) is 4.48. The third kappa shape index (κ3) is 6.19. The summed E-state index contributed by atoms with van der Waals surface area (Å²) in [6.45, 7) is 11.3. The number of amides is 1. The molecule has 1 heterocycles. The molecule has 9 heteroatoms. The van der Waals surface area contributed by atoms with Crippen LogP contribution in [0.2, 0.25) is 0 Å². The molecule has 0 atom stereocenters. The smallest absolute Gasteiger partial charge is 0.234 e. The van der Waals surface area contributed by atoms with Crippen molar-refractivity contribution in [3.63, 3.8) is 0 Å². The van der Waals surface area contributed by atoms with Gasteiger partial charge in [0.2, 0.25) is 11.1 Å². The molecule has 1 aromatic heterocycles. The van der Waals surface area contributed by atoms with Crippen molar-refractivity contribution in [2.45, 2.75) is 45.2 Å². The van der Waals surface area contributed by atoms with Crippen LogP contribution >= 0.6 is 11.8 Å². The lowest BCUT2D eigenvalue weighted by Crippen LogP contribution is -2.17. The number of ether oxygens (including phenoxy) is 2. The molecule has 3 rings (SSSR count). The SMILES string of the molecule is CCOc1ccc(OCC)c(NC(=O)CSc2nnc(-c3ccc(C(C)(C)C)cc3)n2N)c1. The fourth-order valence-electron chi connectivity index (χ4n) is 3.15. The second kappa shape index (κ2) is 10.6. The van der Waals surface area contributed by atoms with Crippen LogP contribution in [0.15, 0.2) is 47.6 Å². The average molecular weight is 470 g/mol. The van der Waals surface area contributed by atoms with Gasteiger partial charge in [0.25, 0.3) is 0 Å². The zero-order valence-electron chi connectivity index (χ0n) is 19.7. The van der Waals surface area contributed by atoms with Crippen LogP contribution in [-0.4, -0.2) is 39.7 Å². The van der Waals surface area contributed by atoms with Crippen molar-refractivity contribution in [1.29, 1.82) is 0 Å². The van der Waals surface area contributed by atoms with Crippen LogP contribution < -0.4 is 20.6 Å².